The maximum absolute atomic E-state index is 11.7. The van der Waals surface area contributed by atoms with E-state index in [1.165, 1.54) is 15.7 Å². The number of benzene rings is 4. The van der Waals surface area contributed by atoms with Gasteiger partial charge in [0.2, 0.25) is 0 Å². The second-order valence-corrected chi connectivity index (χ2v) is 9.56. The summed E-state index contributed by atoms with van der Waals surface area (Å²) in [5, 5.41) is 12.0. The van der Waals surface area contributed by atoms with Gasteiger partial charge in [-0.1, -0.05) is 54.6 Å². The largest absolute Gasteiger partial charge is 0.489 e. The van der Waals surface area contributed by atoms with Crippen LogP contribution in [0.25, 0.3) is 28.0 Å². The Balaban J connectivity index is 1.45. The van der Waals surface area contributed by atoms with Crippen molar-refractivity contribution in [2.24, 2.45) is 0 Å². The van der Waals surface area contributed by atoms with E-state index in [9.17, 15) is 9.90 Å². The van der Waals surface area contributed by atoms with E-state index >= 15 is 0 Å². The number of carboxylic acid groups (broad SMARTS) is 1. The molecule has 0 heterocycles. The molecule has 4 heteroatoms. The quantitative estimate of drug-likeness (QED) is 0.274. The molecule has 1 aliphatic carbocycles. The molecule has 0 fully saturated rings. The van der Waals surface area contributed by atoms with E-state index < -0.39 is 5.97 Å². The monoisotopic (exact) mass is 478 g/mol. The number of ether oxygens (including phenoxy) is 1. The Morgan fingerprint density at radius 3 is 2.43 bits per heavy atom. The van der Waals surface area contributed by atoms with Crippen molar-refractivity contribution in [1.82, 2.24) is 0 Å². The highest BCUT2D eigenvalue weighted by Gasteiger charge is 2.25. The van der Waals surface area contributed by atoms with Crippen LogP contribution in [0.5, 0.6) is 5.75 Å². The summed E-state index contributed by atoms with van der Waals surface area (Å²) >= 11 is 1.71. The number of carbonyl (C=O) groups is 1. The molecule has 5 rings (SSSR count). The summed E-state index contributed by atoms with van der Waals surface area (Å²) in [4.78, 5) is 12.9. The molecule has 4 aromatic carbocycles. The molecule has 174 valence electrons. The summed E-state index contributed by atoms with van der Waals surface area (Å²) in [5.41, 5.74) is 7.08. The lowest BCUT2D eigenvalue weighted by Crippen LogP contribution is -1.99. The number of allylic oxidation sites excluding steroid dienone is 2. The van der Waals surface area contributed by atoms with Crippen molar-refractivity contribution in [3.8, 4) is 5.75 Å². The highest BCUT2D eigenvalue weighted by Crippen LogP contribution is 2.45. The first kappa shape index (κ1) is 23.0. The topological polar surface area (TPSA) is 46.5 Å². The predicted octanol–water partition coefficient (Wildman–Crippen LogP) is 7.94. The maximum Gasteiger partial charge on any atom is 0.307 e. The lowest BCUT2D eigenvalue weighted by atomic mass is 10.0. The first-order valence-electron chi connectivity index (χ1n) is 11.5. The fraction of sp³-hybridized carbons (Fsp3) is 0.129. The number of rotatable bonds is 7. The summed E-state index contributed by atoms with van der Waals surface area (Å²) in [6, 6.07) is 29.0. The van der Waals surface area contributed by atoms with Crippen LogP contribution in [0.2, 0.25) is 0 Å². The molecule has 0 bridgehead atoms. The van der Waals surface area contributed by atoms with E-state index in [2.05, 4.69) is 66.9 Å². The smallest absolute Gasteiger partial charge is 0.307 e. The molecule has 0 saturated carbocycles. The van der Waals surface area contributed by atoms with Gasteiger partial charge < -0.3 is 9.84 Å². The summed E-state index contributed by atoms with van der Waals surface area (Å²) in [6.07, 6.45) is 4.18. The van der Waals surface area contributed by atoms with Crippen LogP contribution in [-0.2, 0) is 11.4 Å². The molecule has 1 aliphatic rings. The highest BCUT2D eigenvalue weighted by atomic mass is 32.2. The zero-order valence-electron chi connectivity index (χ0n) is 19.7. The van der Waals surface area contributed by atoms with Crippen molar-refractivity contribution >= 4 is 45.7 Å². The van der Waals surface area contributed by atoms with Crippen molar-refractivity contribution < 1.29 is 14.6 Å². The molecule has 35 heavy (non-hydrogen) atoms. The van der Waals surface area contributed by atoms with Crippen molar-refractivity contribution in [3.63, 3.8) is 0 Å². The van der Waals surface area contributed by atoms with Crippen molar-refractivity contribution in [2.45, 2.75) is 24.8 Å². The Morgan fingerprint density at radius 1 is 0.914 bits per heavy atom. The van der Waals surface area contributed by atoms with Crippen LogP contribution in [0.3, 0.4) is 0 Å². The first-order valence-corrected chi connectivity index (χ1v) is 12.8. The van der Waals surface area contributed by atoms with E-state index in [1.54, 1.807) is 11.8 Å². The highest BCUT2D eigenvalue weighted by molar-refractivity contribution is 7.98. The predicted molar refractivity (Wildman–Crippen MR) is 146 cm³/mol. The molecule has 0 aliphatic heterocycles. The molecule has 0 unspecified atom stereocenters. The molecule has 3 nitrogen and oxygen atoms in total. The Bertz CT molecular complexity index is 1480. The summed E-state index contributed by atoms with van der Waals surface area (Å²) in [7, 11) is 0. The van der Waals surface area contributed by atoms with Crippen LogP contribution in [0, 0.1) is 0 Å². The van der Waals surface area contributed by atoms with Gasteiger partial charge in [-0.25, -0.2) is 0 Å². The van der Waals surface area contributed by atoms with Crippen LogP contribution in [-0.4, -0.2) is 17.3 Å². The molecule has 0 aromatic heterocycles. The van der Waals surface area contributed by atoms with Gasteiger partial charge in [-0.05, 0) is 99.3 Å². The molecule has 0 spiro atoms. The number of fused-ring (bicyclic) bond motifs is 2. The molecule has 0 atom stereocenters. The van der Waals surface area contributed by atoms with Gasteiger partial charge in [0.25, 0.3) is 0 Å². The Morgan fingerprint density at radius 2 is 1.69 bits per heavy atom. The zero-order valence-corrected chi connectivity index (χ0v) is 20.6. The van der Waals surface area contributed by atoms with E-state index in [-0.39, 0.29) is 6.42 Å². The third kappa shape index (κ3) is 4.89. The lowest BCUT2D eigenvalue weighted by Gasteiger charge is -2.11. The molecule has 0 amide bonds. The van der Waals surface area contributed by atoms with Crippen LogP contribution in [0.15, 0.2) is 95.4 Å². The number of hydrogen-bond acceptors (Lipinski definition) is 3. The van der Waals surface area contributed by atoms with Crippen molar-refractivity contribution in [3.05, 3.63) is 113 Å². The Hall–Kier alpha value is -3.76. The van der Waals surface area contributed by atoms with Crippen LogP contribution in [0.1, 0.15) is 35.6 Å². The van der Waals surface area contributed by atoms with Crippen LogP contribution < -0.4 is 4.74 Å². The average molecular weight is 479 g/mol. The van der Waals surface area contributed by atoms with E-state index in [0.717, 1.165) is 44.7 Å². The number of hydrogen-bond donors (Lipinski definition) is 1. The Labute approximate surface area is 209 Å². The second-order valence-electron chi connectivity index (χ2n) is 8.68. The maximum atomic E-state index is 11.7. The van der Waals surface area contributed by atoms with Crippen LogP contribution >= 0.6 is 11.8 Å². The minimum atomic E-state index is -0.835. The summed E-state index contributed by atoms with van der Waals surface area (Å²) in [5.74, 6) is -0.100. The lowest BCUT2D eigenvalue weighted by molar-refractivity contribution is -0.135. The average Bonchev–Trinajstić information content (AvgIpc) is 3.12. The van der Waals surface area contributed by atoms with Crippen molar-refractivity contribution in [1.29, 1.82) is 0 Å². The van der Waals surface area contributed by atoms with Crippen LogP contribution in [0.4, 0.5) is 0 Å². The zero-order chi connectivity index (χ0) is 24.4. The van der Waals surface area contributed by atoms with Gasteiger partial charge in [0.05, 0.1) is 6.42 Å². The summed E-state index contributed by atoms with van der Waals surface area (Å²) in [6.45, 7) is 2.46. The minimum Gasteiger partial charge on any atom is -0.489 e. The fourth-order valence-electron chi connectivity index (χ4n) is 4.59. The van der Waals surface area contributed by atoms with E-state index in [0.29, 0.717) is 6.61 Å². The molecule has 1 N–H and O–H groups in total. The number of aliphatic carboxylic acids is 1. The van der Waals surface area contributed by atoms with Gasteiger partial charge >= 0.3 is 5.97 Å². The summed E-state index contributed by atoms with van der Waals surface area (Å²) < 4.78 is 6.14. The third-order valence-corrected chi connectivity index (χ3v) is 7.18. The fourth-order valence-corrected chi connectivity index (χ4v) is 5.00. The third-order valence-electron chi connectivity index (χ3n) is 6.44. The van der Waals surface area contributed by atoms with E-state index in [4.69, 9.17) is 4.74 Å². The number of carboxylic acids is 1. The molecular formula is C31H26O3S. The normalized spacial score (nSPS) is 13.9. The van der Waals surface area contributed by atoms with Gasteiger partial charge in [-0.2, -0.15) is 0 Å². The van der Waals surface area contributed by atoms with Gasteiger partial charge in [-0.15, -0.1) is 11.8 Å². The molecule has 0 saturated heterocycles. The Kier molecular flexibility index (Phi) is 6.47. The van der Waals surface area contributed by atoms with E-state index in [1.807, 2.05) is 37.3 Å². The van der Waals surface area contributed by atoms with Crippen molar-refractivity contribution in [2.75, 3.05) is 6.26 Å². The molecular weight excluding hydrogens is 452 g/mol. The molecule has 0 radical (unpaired) electrons. The van der Waals surface area contributed by atoms with Gasteiger partial charge in [0.1, 0.15) is 12.4 Å². The second kappa shape index (κ2) is 9.85. The first-order chi connectivity index (χ1) is 17.0. The molecule has 4 aromatic rings. The van der Waals surface area contributed by atoms with Gasteiger partial charge in [0.15, 0.2) is 0 Å². The SMILES string of the molecule is CSc1ccc(/C=C2/C(C)=C(CC(=O)O)c3cc(OCc4ccc5ccccc5c4)ccc32)cc1. The van der Waals surface area contributed by atoms with Gasteiger partial charge in [0, 0.05) is 4.90 Å². The standard InChI is InChI=1S/C31H26O3S/c1-20-28(16-21-8-12-26(35-2)13-9-21)27-14-11-25(17-30(27)29(20)18-31(32)33)34-19-22-7-10-23-5-3-4-6-24(23)15-22/h3-17H,18-19H2,1-2H3,(H,32,33)/b28-16-. The number of thioether (sulfide) groups is 1. The minimum absolute atomic E-state index is 0.0181. The van der Waals surface area contributed by atoms with Gasteiger partial charge in [-0.3, -0.25) is 4.79 Å².